The summed E-state index contributed by atoms with van der Waals surface area (Å²) >= 11 is 5.96. The first kappa shape index (κ1) is 15.6. The maximum Gasteiger partial charge on any atom is 0.292 e. The van der Waals surface area contributed by atoms with Gasteiger partial charge in [-0.05, 0) is 12.1 Å². The molecule has 0 unspecified atom stereocenters. The Hall–Kier alpha value is -2.34. The predicted molar refractivity (Wildman–Crippen MR) is 85.1 cm³/mol. The molecular formula is C16H16ClN3O3. The van der Waals surface area contributed by atoms with Crippen molar-refractivity contribution in [2.75, 3.05) is 26.2 Å². The third-order valence-corrected chi connectivity index (χ3v) is 4.09. The first-order valence-corrected chi connectivity index (χ1v) is 7.70. The van der Waals surface area contributed by atoms with Crippen molar-refractivity contribution in [1.82, 2.24) is 15.0 Å². The van der Waals surface area contributed by atoms with Crippen LogP contribution in [0.25, 0.3) is 11.3 Å². The number of piperazine rings is 1. The molecule has 2 aromatic rings. The fraction of sp³-hybridized carbons (Fsp3) is 0.312. The maximum absolute atomic E-state index is 12.5. The highest BCUT2D eigenvalue weighted by Crippen LogP contribution is 2.23. The molecule has 2 amide bonds. The minimum absolute atomic E-state index is 0.0278. The quantitative estimate of drug-likeness (QED) is 0.845. The van der Waals surface area contributed by atoms with E-state index in [2.05, 4.69) is 5.16 Å². The van der Waals surface area contributed by atoms with Crippen LogP contribution in [0.1, 0.15) is 17.5 Å². The SMILES string of the molecule is CC(=O)N1CCN(C(=O)c2cc(-c3cccc(Cl)c3)no2)CC1. The van der Waals surface area contributed by atoms with Gasteiger partial charge in [0.2, 0.25) is 11.7 Å². The molecule has 0 saturated carbocycles. The van der Waals surface area contributed by atoms with Gasteiger partial charge in [0, 0.05) is 49.8 Å². The molecule has 1 aromatic carbocycles. The first-order chi connectivity index (χ1) is 11.0. The number of hydrogen-bond donors (Lipinski definition) is 0. The zero-order valence-corrected chi connectivity index (χ0v) is 13.4. The molecule has 0 N–H and O–H groups in total. The van der Waals surface area contributed by atoms with Crippen molar-refractivity contribution in [1.29, 1.82) is 0 Å². The highest BCUT2D eigenvalue weighted by Gasteiger charge is 2.26. The zero-order valence-electron chi connectivity index (χ0n) is 12.7. The molecule has 0 atom stereocenters. The Morgan fingerprint density at radius 1 is 1.13 bits per heavy atom. The van der Waals surface area contributed by atoms with Crippen LogP contribution >= 0.6 is 11.6 Å². The molecule has 1 aliphatic heterocycles. The summed E-state index contributed by atoms with van der Waals surface area (Å²) < 4.78 is 5.18. The van der Waals surface area contributed by atoms with E-state index in [-0.39, 0.29) is 17.6 Å². The lowest BCUT2D eigenvalue weighted by atomic mass is 10.1. The molecule has 7 heteroatoms. The van der Waals surface area contributed by atoms with E-state index < -0.39 is 0 Å². The minimum atomic E-state index is -0.214. The van der Waals surface area contributed by atoms with E-state index in [1.165, 1.54) is 6.92 Å². The summed E-state index contributed by atoms with van der Waals surface area (Å²) in [5.41, 5.74) is 1.36. The van der Waals surface area contributed by atoms with E-state index in [4.69, 9.17) is 16.1 Å². The number of halogens is 1. The molecule has 1 fully saturated rings. The van der Waals surface area contributed by atoms with E-state index in [1.807, 2.05) is 12.1 Å². The van der Waals surface area contributed by atoms with E-state index in [1.54, 1.807) is 28.0 Å². The molecule has 23 heavy (non-hydrogen) atoms. The van der Waals surface area contributed by atoms with Crippen molar-refractivity contribution in [3.05, 3.63) is 41.1 Å². The summed E-state index contributed by atoms with van der Waals surface area (Å²) in [7, 11) is 0. The number of nitrogens with zero attached hydrogens (tertiary/aromatic N) is 3. The third-order valence-electron chi connectivity index (χ3n) is 3.85. The van der Waals surface area contributed by atoms with Gasteiger partial charge in [-0.1, -0.05) is 28.9 Å². The molecular weight excluding hydrogens is 318 g/mol. The number of carbonyl (C=O) groups excluding carboxylic acids is 2. The van der Waals surface area contributed by atoms with Gasteiger partial charge in [0.05, 0.1) is 0 Å². The van der Waals surface area contributed by atoms with Crippen molar-refractivity contribution in [2.45, 2.75) is 6.92 Å². The summed E-state index contributed by atoms with van der Waals surface area (Å²) in [5, 5.41) is 4.54. The van der Waals surface area contributed by atoms with Crippen LogP contribution in [0.4, 0.5) is 0 Å². The van der Waals surface area contributed by atoms with Gasteiger partial charge < -0.3 is 14.3 Å². The Balaban J connectivity index is 1.71. The van der Waals surface area contributed by atoms with Crippen LogP contribution in [-0.4, -0.2) is 52.9 Å². The fourth-order valence-electron chi connectivity index (χ4n) is 2.54. The Labute approximate surface area is 138 Å². The number of rotatable bonds is 2. The molecule has 1 saturated heterocycles. The Morgan fingerprint density at radius 3 is 2.48 bits per heavy atom. The summed E-state index contributed by atoms with van der Waals surface area (Å²) in [6.45, 7) is 3.59. The lowest BCUT2D eigenvalue weighted by Gasteiger charge is -2.33. The summed E-state index contributed by atoms with van der Waals surface area (Å²) in [5.74, 6) is 0.00485. The number of hydrogen-bond acceptors (Lipinski definition) is 4. The normalized spacial score (nSPS) is 14.9. The molecule has 0 spiro atoms. The van der Waals surface area contributed by atoms with E-state index in [0.717, 1.165) is 5.56 Å². The monoisotopic (exact) mass is 333 g/mol. The second-order valence-corrected chi connectivity index (χ2v) is 5.82. The lowest BCUT2D eigenvalue weighted by Crippen LogP contribution is -2.50. The second kappa shape index (κ2) is 6.42. The van der Waals surface area contributed by atoms with Crippen molar-refractivity contribution < 1.29 is 14.1 Å². The van der Waals surface area contributed by atoms with Crippen LogP contribution in [0.3, 0.4) is 0 Å². The fourth-order valence-corrected chi connectivity index (χ4v) is 2.73. The van der Waals surface area contributed by atoms with Gasteiger partial charge in [0.15, 0.2) is 0 Å². The molecule has 0 aliphatic carbocycles. The van der Waals surface area contributed by atoms with Gasteiger partial charge >= 0.3 is 0 Å². The van der Waals surface area contributed by atoms with Gasteiger partial charge in [-0.15, -0.1) is 0 Å². The Kier molecular flexibility index (Phi) is 4.34. The molecule has 1 aliphatic rings. The maximum atomic E-state index is 12.5. The Morgan fingerprint density at radius 2 is 1.83 bits per heavy atom. The van der Waals surface area contributed by atoms with Crippen LogP contribution in [0.2, 0.25) is 5.02 Å². The second-order valence-electron chi connectivity index (χ2n) is 5.39. The predicted octanol–water partition coefficient (Wildman–Crippen LogP) is 2.30. The van der Waals surface area contributed by atoms with Gasteiger partial charge in [-0.3, -0.25) is 9.59 Å². The van der Waals surface area contributed by atoms with Gasteiger partial charge in [-0.2, -0.15) is 0 Å². The van der Waals surface area contributed by atoms with Crippen LogP contribution < -0.4 is 0 Å². The van der Waals surface area contributed by atoms with Gasteiger partial charge in [0.1, 0.15) is 5.69 Å². The smallest absolute Gasteiger partial charge is 0.292 e. The molecule has 0 bridgehead atoms. The highest BCUT2D eigenvalue weighted by atomic mass is 35.5. The molecule has 120 valence electrons. The highest BCUT2D eigenvalue weighted by molar-refractivity contribution is 6.30. The zero-order chi connectivity index (χ0) is 16.4. The lowest BCUT2D eigenvalue weighted by molar-refractivity contribution is -0.130. The van der Waals surface area contributed by atoms with E-state index >= 15 is 0 Å². The Bertz CT molecular complexity index is 736. The minimum Gasteiger partial charge on any atom is -0.350 e. The van der Waals surface area contributed by atoms with Crippen molar-refractivity contribution in [2.24, 2.45) is 0 Å². The average molecular weight is 334 g/mol. The van der Waals surface area contributed by atoms with Crippen LogP contribution in [-0.2, 0) is 4.79 Å². The average Bonchev–Trinajstić information content (AvgIpc) is 3.04. The molecule has 2 heterocycles. The largest absolute Gasteiger partial charge is 0.350 e. The molecule has 0 radical (unpaired) electrons. The van der Waals surface area contributed by atoms with Crippen molar-refractivity contribution in [3.8, 4) is 11.3 Å². The van der Waals surface area contributed by atoms with Gasteiger partial charge in [0.25, 0.3) is 5.91 Å². The number of benzene rings is 1. The number of aromatic nitrogens is 1. The van der Waals surface area contributed by atoms with E-state index in [0.29, 0.717) is 36.9 Å². The number of amides is 2. The summed E-state index contributed by atoms with van der Waals surface area (Å²) in [4.78, 5) is 27.2. The standard InChI is InChI=1S/C16H16ClN3O3/c1-11(21)19-5-7-20(8-6-19)16(22)15-10-14(18-23-15)12-3-2-4-13(17)9-12/h2-4,9-10H,5-8H2,1H3. The van der Waals surface area contributed by atoms with E-state index in [9.17, 15) is 9.59 Å². The first-order valence-electron chi connectivity index (χ1n) is 7.32. The number of carbonyl (C=O) groups is 2. The van der Waals surface area contributed by atoms with Crippen LogP contribution in [0.15, 0.2) is 34.9 Å². The van der Waals surface area contributed by atoms with Gasteiger partial charge in [-0.25, -0.2) is 0 Å². The van der Waals surface area contributed by atoms with Crippen LogP contribution in [0, 0.1) is 0 Å². The molecule has 1 aromatic heterocycles. The molecule has 3 rings (SSSR count). The summed E-state index contributed by atoms with van der Waals surface area (Å²) in [6.07, 6.45) is 0. The van der Waals surface area contributed by atoms with Crippen molar-refractivity contribution >= 4 is 23.4 Å². The third kappa shape index (κ3) is 3.37. The topological polar surface area (TPSA) is 66.7 Å². The summed E-state index contributed by atoms with van der Waals surface area (Å²) in [6, 6.07) is 8.81. The van der Waals surface area contributed by atoms with Crippen molar-refractivity contribution in [3.63, 3.8) is 0 Å². The van der Waals surface area contributed by atoms with Crippen LogP contribution in [0.5, 0.6) is 0 Å². The molecule has 6 nitrogen and oxygen atoms in total.